The lowest BCUT2D eigenvalue weighted by atomic mass is 10.2. The molecule has 0 atom stereocenters. The Labute approximate surface area is 179 Å². The van der Waals surface area contributed by atoms with Crippen molar-refractivity contribution in [3.63, 3.8) is 0 Å². The summed E-state index contributed by atoms with van der Waals surface area (Å²) in [6.45, 7) is 6.23. The quantitative estimate of drug-likeness (QED) is 0.526. The van der Waals surface area contributed by atoms with Crippen LogP contribution in [0.3, 0.4) is 0 Å². The number of benzene rings is 1. The van der Waals surface area contributed by atoms with Gasteiger partial charge in [-0.15, -0.1) is 0 Å². The van der Waals surface area contributed by atoms with E-state index in [0.29, 0.717) is 35.4 Å². The van der Waals surface area contributed by atoms with E-state index in [1.165, 1.54) is 29.7 Å². The van der Waals surface area contributed by atoms with E-state index >= 15 is 0 Å². The highest BCUT2D eigenvalue weighted by Crippen LogP contribution is 2.37. The van der Waals surface area contributed by atoms with E-state index in [2.05, 4.69) is 4.98 Å². The largest absolute Gasteiger partial charge is 0.493 e. The molecule has 0 spiro atoms. The first-order valence-electron chi connectivity index (χ1n) is 9.45. The standard InChI is InChI=1S/C22H23ClN2O5/c1-13(2)11-29-21-17(23)7-15(8-18(21)28-4)22(27)30-12-16-9-20(26)25-10-14(3)5-6-19(25)24-16/h5-10,13H,11-12H2,1-4H3. The molecule has 0 aliphatic carbocycles. The van der Waals surface area contributed by atoms with Gasteiger partial charge in [0.25, 0.3) is 5.56 Å². The van der Waals surface area contributed by atoms with E-state index < -0.39 is 5.97 Å². The van der Waals surface area contributed by atoms with Crippen LogP contribution in [0.4, 0.5) is 0 Å². The van der Waals surface area contributed by atoms with Gasteiger partial charge in [0.2, 0.25) is 0 Å². The van der Waals surface area contributed by atoms with Crippen LogP contribution in [0.5, 0.6) is 11.5 Å². The first-order valence-corrected chi connectivity index (χ1v) is 9.82. The maximum absolute atomic E-state index is 12.5. The molecule has 8 heteroatoms. The fraction of sp³-hybridized carbons (Fsp3) is 0.318. The number of hydrogen-bond acceptors (Lipinski definition) is 6. The second-order valence-electron chi connectivity index (χ2n) is 7.29. The molecular weight excluding hydrogens is 408 g/mol. The zero-order valence-corrected chi connectivity index (χ0v) is 18.0. The number of hydrogen-bond donors (Lipinski definition) is 0. The van der Waals surface area contributed by atoms with E-state index in [4.69, 9.17) is 25.8 Å². The Bertz CT molecular complexity index is 1140. The number of methoxy groups -OCH3 is 1. The fourth-order valence-corrected chi connectivity index (χ4v) is 3.05. The first-order chi connectivity index (χ1) is 14.3. The molecule has 0 saturated heterocycles. The van der Waals surface area contributed by atoms with Crippen LogP contribution < -0.4 is 15.0 Å². The van der Waals surface area contributed by atoms with Crippen molar-refractivity contribution in [3.05, 3.63) is 68.7 Å². The molecule has 1 aromatic carbocycles. The van der Waals surface area contributed by atoms with Crippen molar-refractivity contribution in [2.45, 2.75) is 27.4 Å². The smallest absolute Gasteiger partial charge is 0.338 e. The predicted octanol–water partition coefficient (Wildman–Crippen LogP) is 4.06. The lowest BCUT2D eigenvalue weighted by Crippen LogP contribution is -2.17. The second-order valence-corrected chi connectivity index (χ2v) is 7.70. The highest BCUT2D eigenvalue weighted by atomic mass is 35.5. The molecule has 3 rings (SSSR count). The summed E-state index contributed by atoms with van der Waals surface area (Å²) in [4.78, 5) is 29.2. The van der Waals surface area contributed by atoms with E-state index in [-0.39, 0.29) is 22.8 Å². The van der Waals surface area contributed by atoms with Crippen LogP contribution in [0.1, 0.15) is 35.5 Å². The van der Waals surface area contributed by atoms with Crippen molar-refractivity contribution in [1.82, 2.24) is 9.38 Å². The molecular formula is C22H23ClN2O5. The normalized spacial score (nSPS) is 11.0. The number of carbonyl (C=O) groups is 1. The van der Waals surface area contributed by atoms with Gasteiger partial charge in [0.15, 0.2) is 11.5 Å². The summed E-state index contributed by atoms with van der Waals surface area (Å²) in [6, 6.07) is 7.91. The molecule has 0 amide bonds. The van der Waals surface area contributed by atoms with Crippen molar-refractivity contribution in [1.29, 1.82) is 0 Å². The van der Waals surface area contributed by atoms with Crippen molar-refractivity contribution in [2.75, 3.05) is 13.7 Å². The number of rotatable bonds is 7. The van der Waals surface area contributed by atoms with Crippen LogP contribution in [-0.2, 0) is 11.3 Å². The molecule has 2 aromatic heterocycles. The van der Waals surface area contributed by atoms with E-state index in [0.717, 1.165) is 5.56 Å². The Morgan fingerprint density at radius 1 is 1.23 bits per heavy atom. The molecule has 158 valence electrons. The van der Waals surface area contributed by atoms with Gasteiger partial charge in [0, 0.05) is 12.3 Å². The molecule has 0 bridgehead atoms. The molecule has 30 heavy (non-hydrogen) atoms. The summed E-state index contributed by atoms with van der Waals surface area (Å²) in [6.07, 6.45) is 1.71. The Morgan fingerprint density at radius 2 is 2.00 bits per heavy atom. The topological polar surface area (TPSA) is 79.1 Å². The van der Waals surface area contributed by atoms with Crippen LogP contribution in [0, 0.1) is 12.8 Å². The van der Waals surface area contributed by atoms with E-state index in [9.17, 15) is 9.59 Å². The number of aromatic nitrogens is 2. The number of esters is 1. The molecule has 7 nitrogen and oxygen atoms in total. The highest BCUT2D eigenvalue weighted by molar-refractivity contribution is 6.32. The Kier molecular flexibility index (Phi) is 6.62. The van der Waals surface area contributed by atoms with Gasteiger partial charge < -0.3 is 14.2 Å². The summed E-state index contributed by atoms with van der Waals surface area (Å²) in [5.74, 6) is 0.408. The molecule has 0 N–H and O–H groups in total. The van der Waals surface area contributed by atoms with Crippen molar-refractivity contribution < 1.29 is 19.0 Å². The first kappa shape index (κ1) is 21.6. The second kappa shape index (κ2) is 9.17. The average Bonchev–Trinajstić information content (AvgIpc) is 2.70. The SMILES string of the molecule is COc1cc(C(=O)OCc2cc(=O)n3cc(C)ccc3n2)cc(Cl)c1OCC(C)C. The summed E-state index contributed by atoms with van der Waals surface area (Å²) < 4.78 is 17.8. The number of nitrogens with zero attached hydrogens (tertiary/aromatic N) is 2. The van der Waals surface area contributed by atoms with Crippen LogP contribution in [0.25, 0.3) is 5.65 Å². The highest BCUT2D eigenvalue weighted by Gasteiger charge is 2.18. The minimum Gasteiger partial charge on any atom is -0.493 e. The number of fused-ring (bicyclic) bond motifs is 1. The molecule has 0 fully saturated rings. The fourth-order valence-electron chi connectivity index (χ4n) is 2.78. The predicted molar refractivity (Wildman–Crippen MR) is 114 cm³/mol. The number of halogens is 1. The van der Waals surface area contributed by atoms with Gasteiger partial charge in [-0.2, -0.15) is 0 Å². The average molecular weight is 431 g/mol. The Hall–Kier alpha value is -3.06. The maximum Gasteiger partial charge on any atom is 0.338 e. The Morgan fingerprint density at radius 3 is 2.70 bits per heavy atom. The maximum atomic E-state index is 12.5. The summed E-state index contributed by atoms with van der Waals surface area (Å²) >= 11 is 6.29. The third-order valence-electron chi connectivity index (χ3n) is 4.24. The minimum atomic E-state index is -0.614. The molecule has 3 aromatic rings. The lowest BCUT2D eigenvalue weighted by molar-refractivity contribution is 0.0467. The van der Waals surface area contributed by atoms with Crippen molar-refractivity contribution >= 4 is 23.2 Å². The van der Waals surface area contributed by atoms with Gasteiger partial charge in [0.05, 0.1) is 30.0 Å². The van der Waals surface area contributed by atoms with Crippen LogP contribution >= 0.6 is 11.6 Å². The van der Waals surface area contributed by atoms with Gasteiger partial charge in [-0.3, -0.25) is 9.20 Å². The van der Waals surface area contributed by atoms with Gasteiger partial charge in [0.1, 0.15) is 12.3 Å². The number of carbonyl (C=O) groups excluding carboxylic acids is 1. The zero-order chi connectivity index (χ0) is 21.8. The van der Waals surface area contributed by atoms with E-state index in [1.54, 1.807) is 12.3 Å². The van der Waals surface area contributed by atoms with Crippen molar-refractivity contribution in [3.8, 4) is 11.5 Å². The monoisotopic (exact) mass is 430 g/mol. The third-order valence-corrected chi connectivity index (χ3v) is 4.52. The van der Waals surface area contributed by atoms with Crippen LogP contribution in [0.15, 0.2) is 41.3 Å². The molecule has 0 radical (unpaired) electrons. The number of pyridine rings is 1. The molecule has 0 aliphatic heterocycles. The molecule has 2 heterocycles. The van der Waals surface area contributed by atoms with Gasteiger partial charge >= 0.3 is 5.97 Å². The summed E-state index contributed by atoms with van der Waals surface area (Å²) in [7, 11) is 1.47. The lowest BCUT2D eigenvalue weighted by Gasteiger charge is -2.15. The summed E-state index contributed by atoms with van der Waals surface area (Å²) in [5, 5.41) is 0.249. The molecule has 0 unspecified atom stereocenters. The molecule has 0 aliphatic rings. The van der Waals surface area contributed by atoms with Gasteiger partial charge in [-0.25, -0.2) is 9.78 Å². The minimum absolute atomic E-state index is 0.149. The van der Waals surface area contributed by atoms with Gasteiger partial charge in [-0.05, 0) is 36.6 Å². The van der Waals surface area contributed by atoms with Crippen LogP contribution in [0.2, 0.25) is 5.02 Å². The van der Waals surface area contributed by atoms with Crippen LogP contribution in [-0.4, -0.2) is 29.1 Å². The van der Waals surface area contributed by atoms with E-state index in [1.807, 2.05) is 26.8 Å². The molecule has 0 saturated carbocycles. The van der Waals surface area contributed by atoms with Gasteiger partial charge in [-0.1, -0.05) is 31.5 Å². The number of aryl methyl sites for hydroxylation is 1. The third kappa shape index (κ3) is 4.91. The Balaban J connectivity index is 1.78. The zero-order valence-electron chi connectivity index (χ0n) is 17.3. The van der Waals surface area contributed by atoms with Crippen molar-refractivity contribution in [2.24, 2.45) is 5.92 Å². The number of ether oxygens (including phenoxy) is 3. The summed E-state index contributed by atoms with van der Waals surface area (Å²) in [5.41, 5.74) is 1.74.